The first-order chi connectivity index (χ1) is 28.2. The SMILES string of the molecule is c1ccc(-c2nc(-c3ccc(-c4c5ccccc5c(-c5ccccc5)c5c4ccc4ccccc45)cc3)cc(-c3cccc(-c4cc5ccccc5s4)c3)n2)cc1. The van der Waals surface area contributed by atoms with Crippen molar-refractivity contribution in [2.45, 2.75) is 0 Å². The second kappa shape index (κ2) is 13.8. The van der Waals surface area contributed by atoms with Crippen molar-refractivity contribution in [3.63, 3.8) is 0 Å². The van der Waals surface area contributed by atoms with Crippen molar-refractivity contribution < 1.29 is 0 Å². The van der Waals surface area contributed by atoms with Gasteiger partial charge in [0, 0.05) is 26.3 Å². The third kappa shape index (κ3) is 5.88. The zero-order valence-electron chi connectivity index (χ0n) is 30.9. The number of hydrogen-bond donors (Lipinski definition) is 0. The summed E-state index contributed by atoms with van der Waals surface area (Å²) in [4.78, 5) is 11.6. The van der Waals surface area contributed by atoms with E-state index in [1.54, 1.807) is 0 Å². The zero-order chi connectivity index (χ0) is 37.7. The smallest absolute Gasteiger partial charge is 0.160 e. The van der Waals surface area contributed by atoms with E-state index in [1.807, 2.05) is 29.5 Å². The summed E-state index contributed by atoms with van der Waals surface area (Å²) in [6.07, 6.45) is 0. The van der Waals surface area contributed by atoms with Crippen LogP contribution < -0.4 is 0 Å². The highest BCUT2D eigenvalue weighted by atomic mass is 32.1. The van der Waals surface area contributed by atoms with Gasteiger partial charge in [-0.1, -0.05) is 182 Å². The van der Waals surface area contributed by atoms with Crippen molar-refractivity contribution in [2.24, 2.45) is 0 Å². The molecule has 0 atom stereocenters. The summed E-state index contributed by atoms with van der Waals surface area (Å²) < 4.78 is 1.29. The molecule has 0 bridgehead atoms. The normalized spacial score (nSPS) is 11.5. The molecular weight excluding hydrogens is 709 g/mol. The van der Waals surface area contributed by atoms with E-state index in [0.29, 0.717) is 5.82 Å². The fourth-order valence-corrected chi connectivity index (χ4v) is 9.45. The molecule has 266 valence electrons. The van der Waals surface area contributed by atoms with Crippen molar-refractivity contribution in [3.05, 3.63) is 206 Å². The third-order valence-corrected chi connectivity index (χ3v) is 12.2. The molecule has 2 heterocycles. The lowest BCUT2D eigenvalue weighted by atomic mass is 9.84. The molecular formula is C54H34N2S. The molecule has 11 aromatic rings. The van der Waals surface area contributed by atoms with E-state index < -0.39 is 0 Å². The van der Waals surface area contributed by atoms with E-state index in [1.165, 1.54) is 75.1 Å². The predicted octanol–water partition coefficient (Wildman–Crippen LogP) is 15.2. The maximum Gasteiger partial charge on any atom is 0.160 e. The molecule has 0 saturated heterocycles. The molecule has 0 spiro atoms. The molecule has 0 aliphatic heterocycles. The van der Waals surface area contributed by atoms with Crippen LogP contribution in [0, 0.1) is 0 Å². The first-order valence-corrected chi connectivity index (χ1v) is 20.1. The number of hydrogen-bond acceptors (Lipinski definition) is 3. The van der Waals surface area contributed by atoms with E-state index in [0.717, 1.165) is 28.1 Å². The van der Waals surface area contributed by atoms with Gasteiger partial charge in [0.2, 0.25) is 0 Å². The van der Waals surface area contributed by atoms with Gasteiger partial charge in [-0.05, 0) is 89.8 Å². The van der Waals surface area contributed by atoms with E-state index in [-0.39, 0.29) is 0 Å². The highest BCUT2D eigenvalue weighted by Gasteiger charge is 2.19. The quantitative estimate of drug-likeness (QED) is 0.125. The molecule has 0 radical (unpaired) electrons. The Hall–Kier alpha value is -7.20. The van der Waals surface area contributed by atoms with Crippen LogP contribution >= 0.6 is 11.3 Å². The van der Waals surface area contributed by atoms with Crippen molar-refractivity contribution in [1.82, 2.24) is 9.97 Å². The van der Waals surface area contributed by atoms with Gasteiger partial charge in [0.1, 0.15) is 0 Å². The monoisotopic (exact) mass is 742 g/mol. The van der Waals surface area contributed by atoms with Crippen molar-refractivity contribution in [2.75, 3.05) is 0 Å². The van der Waals surface area contributed by atoms with E-state index in [9.17, 15) is 0 Å². The minimum atomic E-state index is 0.708. The largest absolute Gasteiger partial charge is 0.228 e. The fourth-order valence-electron chi connectivity index (χ4n) is 8.39. The first kappa shape index (κ1) is 33.2. The van der Waals surface area contributed by atoms with E-state index >= 15 is 0 Å². The number of fused-ring (bicyclic) bond motifs is 5. The van der Waals surface area contributed by atoms with Gasteiger partial charge in [0.15, 0.2) is 5.82 Å². The Bertz CT molecular complexity index is 3240. The van der Waals surface area contributed by atoms with Crippen LogP contribution in [0.15, 0.2) is 206 Å². The van der Waals surface area contributed by atoms with Crippen molar-refractivity contribution >= 4 is 53.7 Å². The molecule has 0 amide bonds. The van der Waals surface area contributed by atoms with Gasteiger partial charge in [-0.2, -0.15) is 0 Å². The molecule has 3 heteroatoms. The fraction of sp³-hybridized carbons (Fsp3) is 0. The Morgan fingerprint density at radius 1 is 0.316 bits per heavy atom. The number of nitrogens with zero attached hydrogens (tertiary/aromatic N) is 2. The highest BCUT2D eigenvalue weighted by Crippen LogP contribution is 2.46. The van der Waals surface area contributed by atoms with E-state index in [2.05, 4.69) is 188 Å². The average Bonchev–Trinajstić information content (AvgIpc) is 3.73. The molecule has 0 unspecified atom stereocenters. The first-order valence-electron chi connectivity index (χ1n) is 19.3. The summed E-state index contributed by atoms with van der Waals surface area (Å²) in [7, 11) is 0. The molecule has 0 N–H and O–H groups in total. The third-order valence-electron chi connectivity index (χ3n) is 11.1. The van der Waals surface area contributed by atoms with Crippen LogP contribution in [0.25, 0.3) is 109 Å². The summed E-state index contributed by atoms with van der Waals surface area (Å²) in [6, 6.07) is 74.0. The van der Waals surface area contributed by atoms with Gasteiger partial charge < -0.3 is 0 Å². The van der Waals surface area contributed by atoms with Gasteiger partial charge in [-0.15, -0.1) is 11.3 Å². The Balaban J connectivity index is 1.07. The molecule has 0 aliphatic carbocycles. The lowest BCUT2D eigenvalue weighted by Crippen LogP contribution is -1.96. The minimum absolute atomic E-state index is 0.708. The molecule has 9 aromatic carbocycles. The van der Waals surface area contributed by atoms with Crippen LogP contribution in [-0.4, -0.2) is 9.97 Å². The average molecular weight is 743 g/mol. The maximum atomic E-state index is 5.18. The van der Waals surface area contributed by atoms with Gasteiger partial charge >= 0.3 is 0 Å². The predicted molar refractivity (Wildman–Crippen MR) is 243 cm³/mol. The van der Waals surface area contributed by atoms with E-state index in [4.69, 9.17) is 9.97 Å². The lowest BCUT2D eigenvalue weighted by Gasteiger charge is -2.19. The molecule has 0 fully saturated rings. The molecule has 57 heavy (non-hydrogen) atoms. The van der Waals surface area contributed by atoms with Crippen LogP contribution in [0.4, 0.5) is 0 Å². The summed E-state index contributed by atoms with van der Waals surface area (Å²) >= 11 is 1.82. The summed E-state index contributed by atoms with van der Waals surface area (Å²) in [5.41, 5.74) is 11.0. The molecule has 0 saturated carbocycles. The van der Waals surface area contributed by atoms with Gasteiger partial charge in [-0.3, -0.25) is 0 Å². The van der Waals surface area contributed by atoms with Crippen LogP contribution in [0.3, 0.4) is 0 Å². The van der Waals surface area contributed by atoms with Crippen molar-refractivity contribution in [3.8, 4) is 66.6 Å². The van der Waals surface area contributed by atoms with Crippen LogP contribution in [0.5, 0.6) is 0 Å². The van der Waals surface area contributed by atoms with Gasteiger partial charge in [0.05, 0.1) is 11.4 Å². The second-order valence-electron chi connectivity index (χ2n) is 14.5. The Kier molecular flexibility index (Phi) is 8.04. The minimum Gasteiger partial charge on any atom is -0.228 e. The van der Waals surface area contributed by atoms with Crippen molar-refractivity contribution in [1.29, 1.82) is 0 Å². The Labute approximate surface area is 335 Å². The van der Waals surface area contributed by atoms with Crippen LogP contribution in [0.2, 0.25) is 0 Å². The highest BCUT2D eigenvalue weighted by molar-refractivity contribution is 7.22. The second-order valence-corrected chi connectivity index (χ2v) is 15.6. The topological polar surface area (TPSA) is 25.8 Å². The maximum absolute atomic E-state index is 5.18. The number of benzene rings is 9. The summed E-state index contributed by atoms with van der Waals surface area (Å²) in [5, 5.41) is 8.77. The lowest BCUT2D eigenvalue weighted by molar-refractivity contribution is 1.18. The number of aromatic nitrogens is 2. The van der Waals surface area contributed by atoms with Gasteiger partial charge in [-0.25, -0.2) is 9.97 Å². The standard InChI is InChI=1S/C54H34N2S/c1-3-15-37(16-4-1)52-45-24-11-10-23-44(45)51(46-31-30-35-14-7-9-22-43(35)53(46)52)38-28-26-36(27-29-38)47-34-48(56-54(55-47)39-17-5-2-6-18-39)40-20-13-21-41(32-40)50-33-42-19-8-12-25-49(42)57-50/h1-34H. The number of rotatable bonds is 6. The molecule has 2 aromatic heterocycles. The van der Waals surface area contributed by atoms with Crippen LogP contribution in [-0.2, 0) is 0 Å². The van der Waals surface area contributed by atoms with Crippen LogP contribution in [0.1, 0.15) is 0 Å². The molecule has 11 rings (SSSR count). The number of thiophene rings is 1. The van der Waals surface area contributed by atoms with Gasteiger partial charge in [0.25, 0.3) is 0 Å². The Morgan fingerprint density at radius 2 is 0.877 bits per heavy atom. The summed E-state index contributed by atoms with van der Waals surface area (Å²) in [6.45, 7) is 0. The zero-order valence-corrected chi connectivity index (χ0v) is 31.7. The molecule has 0 aliphatic rings. The Morgan fingerprint density at radius 3 is 1.63 bits per heavy atom. The molecule has 2 nitrogen and oxygen atoms in total. The summed E-state index contributed by atoms with van der Waals surface area (Å²) in [5.74, 6) is 0.708.